The lowest BCUT2D eigenvalue weighted by Gasteiger charge is -2.43. The highest BCUT2D eigenvalue weighted by Gasteiger charge is 2.73. The molecule has 0 radical (unpaired) electrons. The second-order valence-electron chi connectivity index (χ2n) is 8.53. The Morgan fingerprint density at radius 3 is 1.36 bits per heavy atom. The highest BCUT2D eigenvalue weighted by Crippen LogP contribution is 2.62. The zero-order valence-electron chi connectivity index (χ0n) is 16.2. The van der Waals surface area contributed by atoms with Crippen molar-refractivity contribution in [2.24, 2.45) is 0 Å². The number of para-hydroxylation sites is 2. The standard InChI is InChI=1S/C22H9BF8N2/c24-19(25)10-4-1-6-12-17(10)32(21(19,28)29)14-8-3-9-15-16(14)23(12)13-7-2-5-11-18(13)33(15)22(30,31)20(11,26)27/h1-9H. The van der Waals surface area contributed by atoms with Gasteiger partial charge >= 0.3 is 23.9 Å². The van der Waals surface area contributed by atoms with Crippen molar-refractivity contribution in [1.82, 2.24) is 0 Å². The molecule has 0 saturated carbocycles. The molecule has 0 amide bonds. The smallest absolute Gasteiger partial charge is 0.277 e. The van der Waals surface area contributed by atoms with Crippen LogP contribution in [0.2, 0.25) is 0 Å². The number of nitrogens with zero attached hydrogens (tertiary/aromatic N) is 2. The van der Waals surface area contributed by atoms with Crippen LogP contribution in [0.3, 0.4) is 0 Å². The van der Waals surface area contributed by atoms with Gasteiger partial charge in [0.2, 0.25) is 0 Å². The Morgan fingerprint density at radius 1 is 0.545 bits per heavy atom. The Balaban J connectivity index is 1.66. The molecule has 0 N–H and O–H groups in total. The summed E-state index contributed by atoms with van der Waals surface area (Å²) in [5, 5.41) is 0. The van der Waals surface area contributed by atoms with Crippen molar-refractivity contribution in [1.29, 1.82) is 0 Å². The van der Waals surface area contributed by atoms with Crippen LogP contribution >= 0.6 is 0 Å². The minimum Gasteiger partial charge on any atom is -0.277 e. The van der Waals surface area contributed by atoms with E-state index in [1.165, 1.54) is 24.3 Å². The molecule has 3 aromatic carbocycles. The molecule has 0 saturated heterocycles. The molecule has 3 aromatic rings. The van der Waals surface area contributed by atoms with E-state index in [2.05, 4.69) is 0 Å². The van der Waals surface area contributed by atoms with Crippen molar-refractivity contribution in [3.05, 3.63) is 65.7 Å². The van der Waals surface area contributed by atoms with Gasteiger partial charge in [-0.2, -0.15) is 35.1 Å². The summed E-state index contributed by atoms with van der Waals surface area (Å²) in [4.78, 5) is 0.322. The van der Waals surface area contributed by atoms with Crippen LogP contribution in [0.4, 0.5) is 57.9 Å². The van der Waals surface area contributed by atoms with Gasteiger partial charge in [0.15, 0.2) is 0 Å². The molecular weight excluding hydrogens is 455 g/mol. The molecule has 0 spiro atoms. The van der Waals surface area contributed by atoms with Gasteiger partial charge in [-0.1, -0.05) is 42.5 Å². The number of rotatable bonds is 0. The summed E-state index contributed by atoms with van der Waals surface area (Å²) in [7, 11) is 0. The van der Waals surface area contributed by atoms with Gasteiger partial charge in [-0.15, -0.1) is 0 Å². The summed E-state index contributed by atoms with van der Waals surface area (Å²) in [6.45, 7) is -1.05. The van der Waals surface area contributed by atoms with Crippen LogP contribution < -0.4 is 26.2 Å². The summed E-state index contributed by atoms with van der Waals surface area (Å²) in [5.74, 6) is -9.10. The average Bonchev–Trinajstić information content (AvgIpc) is 3.03. The normalized spacial score (nSPS) is 22.7. The van der Waals surface area contributed by atoms with E-state index in [1.54, 1.807) is 0 Å². The summed E-state index contributed by atoms with van der Waals surface area (Å²) in [6.07, 6.45) is 0. The molecule has 0 aromatic heterocycles. The number of benzene rings is 3. The molecule has 11 heteroatoms. The van der Waals surface area contributed by atoms with Gasteiger partial charge in [-0.3, -0.25) is 9.80 Å². The van der Waals surface area contributed by atoms with Crippen molar-refractivity contribution in [3.63, 3.8) is 0 Å². The first-order valence-electron chi connectivity index (χ1n) is 9.95. The molecule has 0 bridgehead atoms. The van der Waals surface area contributed by atoms with Crippen molar-refractivity contribution < 1.29 is 35.1 Å². The Labute approximate surface area is 181 Å². The van der Waals surface area contributed by atoms with E-state index >= 15 is 17.6 Å². The maximum Gasteiger partial charge on any atom is 0.397 e. The van der Waals surface area contributed by atoms with E-state index in [-0.39, 0.29) is 26.2 Å². The molecule has 4 heterocycles. The van der Waals surface area contributed by atoms with E-state index in [9.17, 15) is 17.6 Å². The van der Waals surface area contributed by atoms with Crippen molar-refractivity contribution >= 4 is 45.9 Å². The van der Waals surface area contributed by atoms with Crippen molar-refractivity contribution in [3.8, 4) is 0 Å². The van der Waals surface area contributed by atoms with Crippen LogP contribution in [-0.4, -0.2) is 18.8 Å². The van der Waals surface area contributed by atoms with Crippen molar-refractivity contribution in [2.75, 3.05) is 9.80 Å². The lowest BCUT2D eigenvalue weighted by Crippen LogP contribution is -2.64. The molecule has 0 fully saturated rings. The Hall–Kier alpha value is -3.24. The van der Waals surface area contributed by atoms with E-state index in [0.717, 1.165) is 30.3 Å². The number of fused-ring (bicyclic) bond motifs is 4. The molecule has 166 valence electrons. The van der Waals surface area contributed by atoms with Gasteiger partial charge in [-0.05, 0) is 28.5 Å². The SMILES string of the molecule is FC1(F)c2cccc3c2N(c2cccc4c2B3c2cccc3c2N4C(F)(F)C3(F)F)C1(F)F. The first kappa shape index (κ1) is 19.3. The number of halogens is 8. The quantitative estimate of drug-likeness (QED) is 0.275. The minimum atomic E-state index is -4.69. The predicted octanol–water partition coefficient (Wildman–Crippen LogP) is 4.50. The van der Waals surface area contributed by atoms with E-state index in [4.69, 9.17) is 0 Å². The fourth-order valence-electron chi connectivity index (χ4n) is 5.73. The Kier molecular flexibility index (Phi) is 2.99. The van der Waals surface area contributed by atoms with Gasteiger partial charge in [0, 0.05) is 11.4 Å². The fourth-order valence-corrected chi connectivity index (χ4v) is 5.73. The number of hydrogen-bond donors (Lipinski definition) is 0. The van der Waals surface area contributed by atoms with Crippen LogP contribution in [0.15, 0.2) is 54.6 Å². The van der Waals surface area contributed by atoms with Gasteiger partial charge in [0.05, 0.1) is 22.5 Å². The molecule has 0 atom stereocenters. The Bertz CT molecular complexity index is 1320. The third-order valence-electron chi connectivity index (χ3n) is 7.03. The molecular formula is C22H9BF8N2. The first-order chi connectivity index (χ1) is 15.4. The monoisotopic (exact) mass is 464 g/mol. The third-order valence-corrected chi connectivity index (χ3v) is 7.03. The third kappa shape index (κ3) is 1.74. The molecule has 33 heavy (non-hydrogen) atoms. The molecule has 4 aliphatic heterocycles. The lowest BCUT2D eigenvalue weighted by molar-refractivity contribution is -0.200. The average molecular weight is 464 g/mol. The highest BCUT2D eigenvalue weighted by atomic mass is 19.3. The van der Waals surface area contributed by atoms with Crippen LogP contribution in [0, 0.1) is 0 Å². The summed E-state index contributed by atoms with van der Waals surface area (Å²) in [6, 6.07) is 0.888. The molecule has 2 nitrogen and oxygen atoms in total. The van der Waals surface area contributed by atoms with E-state index in [0.29, 0.717) is 0 Å². The predicted molar refractivity (Wildman–Crippen MR) is 106 cm³/mol. The van der Waals surface area contributed by atoms with Crippen LogP contribution in [-0.2, 0) is 11.8 Å². The zero-order chi connectivity index (χ0) is 23.3. The second kappa shape index (κ2) is 5.13. The van der Waals surface area contributed by atoms with Crippen LogP contribution in [0.1, 0.15) is 11.1 Å². The summed E-state index contributed by atoms with van der Waals surface area (Å²) < 4.78 is 120. The van der Waals surface area contributed by atoms with Gasteiger partial charge in [-0.25, -0.2) is 0 Å². The highest BCUT2D eigenvalue weighted by molar-refractivity contribution is 7.00. The van der Waals surface area contributed by atoms with Crippen LogP contribution in [0.5, 0.6) is 0 Å². The maximum atomic E-state index is 15.1. The van der Waals surface area contributed by atoms with Gasteiger partial charge < -0.3 is 0 Å². The lowest BCUT2D eigenvalue weighted by atomic mass is 9.33. The summed E-state index contributed by atoms with van der Waals surface area (Å²) in [5.41, 5.74) is -3.57. The molecule has 0 aliphatic carbocycles. The van der Waals surface area contributed by atoms with Gasteiger partial charge in [0.1, 0.15) is 0 Å². The zero-order valence-corrected chi connectivity index (χ0v) is 16.2. The fraction of sp³-hybridized carbons (Fsp3) is 0.182. The number of alkyl halides is 8. The van der Waals surface area contributed by atoms with Gasteiger partial charge in [0.25, 0.3) is 6.71 Å². The van der Waals surface area contributed by atoms with Crippen LogP contribution in [0.25, 0.3) is 0 Å². The van der Waals surface area contributed by atoms with E-state index < -0.39 is 64.5 Å². The van der Waals surface area contributed by atoms with Crippen molar-refractivity contribution in [2.45, 2.75) is 23.9 Å². The second-order valence-corrected chi connectivity index (χ2v) is 8.53. The minimum absolute atomic E-state index is 0.0240. The Morgan fingerprint density at radius 2 is 0.939 bits per heavy atom. The number of hydrogen-bond acceptors (Lipinski definition) is 2. The largest absolute Gasteiger partial charge is 0.397 e. The molecule has 4 aliphatic rings. The topological polar surface area (TPSA) is 6.48 Å². The summed E-state index contributed by atoms with van der Waals surface area (Å²) >= 11 is 0. The maximum absolute atomic E-state index is 15.1. The van der Waals surface area contributed by atoms with E-state index in [1.807, 2.05) is 0 Å². The first-order valence-corrected chi connectivity index (χ1v) is 9.95. The molecule has 0 unspecified atom stereocenters. The molecule has 7 rings (SSSR count). The number of anilines is 4.